The van der Waals surface area contributed by atoms with Crippen molar-refractivity contribution in [3.8, 4) is 0 Å². The van der Waals surface area contributed by atoms with E-state index in [0.717, 1.165) is 12.0 Å². The van der Waals surface area contributed by atoms with Crippen molar-refractivity contribution in [1.82, 2.24) is 0 Å². The van der Waals surface area contributed by atoms with Gasteiger partial charge in [0.2, 0.25) is 0 Å². The maximum absolute atomic E-state index is 11.1. The molecule has 2 bridgehead atoms. The molecule has 0 fully saturated rings. The largest absolute Gasteiger partial charge is 0.466 e. The molecule has 2 aliphatic rings. The Morgan fingerprint density at radius 2 is 2.45 bits per heavy atom. The molecule has 0 N–H and O–H groups in total. The Hall–Kier alpha value is -1.05. The molecule has 0 aromatic heterocycles. The van der Waals surface area contributed by atoms with Crippen LogP contribution in [0.5, 0.6) is 0 Å². The van der Waals surface area contributed by atoms with Crippen molar-refractivity contribution < 1.29 is 9.53 Å². The summed E-state index contributed by atoms with van der Waals surface area (Å²) in [4.78, 5) is 11.1. The highest BCUT2D eigenvalue weighted by atomic mass is 16.5. The molecule has 0 aliphatic heterocycles. The summed E-state index contributed by atoms with van der Waals surface area (Å²) < 4.78 is 4.65. The topological polar surface area (TPSA) is 26.3 Å². The molecule has 2 heteroatoms. The number of esters is 1. The van der Waals surface area contributed by atoms with E-state index in [1.54, 1.807) is 0 Å². The molecule has 2 atom stereocenters. The van der Waals surface area contributed by atoms with Gasteiger partial charge >= 0.3 is 5.97 Å². The average molecular weight is 150 g/mol. The first-order valence-corrected chi connectivity index (χ1v) is 3.79. The van der Waals surface area contributed by atoms with Gasteiger partial charge in [-0.25, -0.2) is 4.79 Å². The predicted octanol–water partition coefficient (Wildman–Crippen LogP) is 1.29. The number of ether oxygens (including phenoxy) is 1. The lowest BCUT2D eigenvalue weighted by Gasteiger charge is -2.05. The summed E-state index contributed by atoms with van der Waals surface area (Å²) in [7, 11) is 1.43. The fourth-order valence-electron chi connectivity index (χ4n) is 1.77. The molecule has 2 nitrogen and oxygen atoms in total. The second-order valence-electron chi connectivity index (χ2n) is 3.00. The van der Waals surface area contributed by atoms with E-state index in [9.17, 15) is 4.79 Å². The first-order valence-electron chi connectivity index (χ1n) is 3.79. The summed E-state index contributed by atoms with van der Waals surface area (Å²) in [6, 6.07) is 0. The van der Waals surface area contributed by atoms with Crippen LogP contribution in [0.25, 0.3) is 0 Å². The minimum atomic E-state index is -0.165. The molecule has 1 unspecified atom stereocenters. The van der Waals surface area contributed by atoms with Crippen molar-refractivity contribution in [2.45, 2.75) is 6.42 Å². The highest BCUT2D eigenvalue weighted by Gasteiger charge is 2.32. The second kappa shape index (κ2) is 2.22. The van der Waals surface area contributed by atoms with E-state index >= 15 is 0 Å². The molecule has 0 heterocycles. The number of allylic oxidation sites excluding steroid dienone is 3. The van der Waals surface area contributed by atoms with Gasteiger partial charge in [-0.05, 0) is 12.3 Å². The minimum absolute atomic E-state index is 0.165. The SMILES string of the molecule is COC(=O)C1=C[C@@H]2C=CC1C2. The average Bonchev–Trinajstić information content (AvgIpc) is 2.62. The molecule has 2 aliphatic carbocycles. The molecule has 0 saturated heterocycles. The standard InChI is InChI=1S/C9H10O2/c1-11-9(10)8-5-6-2-3-7(8)4-6/h2-3,5-7H,4H2,1H3/t6-,7?/m1/s1. The zero-order valence-electron chi connectivity index (χ0n) is 6.41. The molecule has 11 heavy (non-hydrogen) atoms. The normalized spacial score (nSPS) is 32.3. The van der Waals surface area contributed by atoms with E-state index in [-0.39, 0.29) is 5.97 Å². The van der Waals surface area contributed by atoms with Crippen LogP contribution in [0, 0.1) is 11.8 Å². The lowest BCUT2D eigenvalue weighted by Crippen LogP contribution is -2.09. The van der Waals surface area contributed by atoms with Gasteiger partial charge in [0.1, 0.15) is 0 Å². The smallest absolute Gasteiger partial charge is 0.334 e. The molecule has 0 radical (unpaired) electrons. The summed E-state index contributed by atoms with van der Waals surface area (Å²) in [6.45, 7) is 0. The van der Waals surface area contributed by atoms with Crippen molar-refractivity contribution in [3.63, 3.8) is 0 Å². The zero-order chi connectivity index (χ0) is 7.84. The Labute approximate surface area is 65.5 Å². The Kier molecular flexibility index (Phi) is 1.34. The van der Waals surface area contributed by atoms with Crippen LogP contribution in [0.3, 0.4) is 0 Å². The van der Waals surface area contributed by atoms with Crippen LogP contribution in [-0.4, -0.2) is 13.1 Å². The van der Waals surface area contributed by atoms with E-state index in [1.807, 2.05) is 6.08 Å². The Morgan fingerprint density at radius 1 is 1.64 bits per heavy atom. The fourth-order valence-corrected chi connectivity index (χ4v) is 1.77. The van der Waals surface area contributed by atoms with Gasteiger partial charge in [-0.3, -0.25) is 0 Å². The third-order valence-electron chi connectivity index (χ3n) is 2.33. The van der Waals surface area contributed by atoms with E-state index in [4.69, 9.17) is 0 Å². The van der Waals surface area contributed by atoms with Crippen LogP contribution in [0.4, 0.5) is 0 Å². The van der Waals surface area contributed by atoms with Crippen LogP contribution in [-0.2, 0) is 9.53 Å². The molecule has 58 valence electrons. The Balaban J connectivity index is 2.19. The van der Waals surface area contributed by atoms with Gasteiger partial charge in [-0.2, -0.15) is 0 Å². The Morgan fingerprint density at radius 3 is 2.91 bits per heavy atom. The number of hydrogen-bond acceptors (Lipinski definition) is 2. The summed E-state index contributed by atoms with van der Waals surface area (Å²) in [5, 5.41) is 0. The van der Waals surface area contributed by atoms with Gasteiger partial charge in [-0.1, -0.05) is 18.2 Å². The van der Waals surface area contributed by atoms with Gasteiger partial charge in [0, 0.05) is 11.5 Å². The van der Waals surface area contributed by atoms with Crippen molar-refractivity contribution in [3.05, 3.63) is 23.8 Å². The van der Waals surface area contributed by atoms with Crippen LogP contribution in [0.15, 0.2) is 23.8 Å². The first-order chi connectivity index (χ1) is 5.31. The molecular formula is C9H10O2. The molecule has 0 spiro atoms. The van der Waals surface area contributed by atoms with Gasteiger partial charge in [0.15, 0.2) is 0 Å². The highest BCUT2D eigenvalue weighted by molar-refractivity contribution is 5.90. The van der Waals surface area contributed by atoms with Gasteiger partial charge < -0.3 is 4.74 Å². The number of hydrogen-bond donors (Lipinski definition) is 0. The van der Waals surface area contributed by atoms with E-state index < -0.39 is 0 Å². The number of carbonyl (C=O) groups is 1. The van der Waals surface area contributed by atoms with Crippen molar-refractivity contribution in [2.24, 2.45) is 11.8 Å². The van der Waals surface area contributed by atoms with Gasteiger partial charge in [0.25, 0.3) is 0 Å². The van der Waals surface area contributed by atoms with E-state index in [2.05, 4.69) is 16.9 Å². The maximum Gasteiger partial charge on any atom is 0.334 e. The van der Waals surface area contributed by atoms with Crippen molar-refractivity contribution in [1.29, 1.82) is 0 Å². The quantitative estimate of drug-likeness (QED) is 0.416. The monoisotopic (exact) mass is 150 g/mol. The number of fused-ring (bicyclic) bond motifs is 2. The summed E-state index contributed by atoms with van der Waals surface area (Å²) in [5.74, 6) is 0.670. The molecular weight excluding hydrogens is 140 g/mol. The number of carbonyl (C=O) groups excluding carboxylic acids is 1. The number of rotatable bonds is 1. The first kappa shape index (κ1) is 6.65. The number of methoxy groups -OCH3 is 1. The van der Waals surface area contributed by atoms with Crippen LogP contribution < -0.4 is 0 Å². The van der Waals surface area contributed by atoms with E-state index in [0.29, 0.717) is 11.8 Å². The highest BCUT2D eigenvalue weighted by Crippen LogP contribution is 2.38. The summed E-state index contributed by atoms with van der Waals surface area (Å²) in [6.07, 6.45) is 7.33. The van der Waals surface area contributed by atoms with Crippen LogP contribution in [0.2, 0.25) is 0 Å². The van der Waals surface area contributed by atoms with E-state index in [1.165, 1.54) is 7.11 Å². The third-order valence-corrected chi connectivity index (χ3v) is 2.33. The molecule has 2 rings (SSSR count). The summed E-state index contributed by atoms with van der Waals surface area (Å²) >= 11 is 0. The minimum Gasteiger partial charge on any atom is -0.466 e. The second-order valence-corrected chi connectivity index (χ2v) is 3.00. The third kappa shape index (κ3) is 0.897. The maximum atomic E-state index is 11.1. The lowest BCUT2D eigenvalue weighted by atomic mass is 10.0. The summed E-state index contributed by atoms with van der Waals surface area (Å²) in [5.41, 5.74) is 0.847. The molecule has 0 amide bonds. The predicted molar refractivity (Wildman–Crippen MR) is 40.8 cm³/mol. The van der Waals surface area contributed by atoms with Gasteiger partial charge in [0.05, 0.1) is 7.11 Å². The zero-order valence-corrected chi connectivity index (χ0v) is 6.41. The fraction of sp³-hybridized carbons (Fsp3) is 0.444. The van der Waals surface area contributed by atoms with Crippen molar-refractivity contribution >= 4 is 5.97 Å². The Bertz CT molecular complexity index is 250. The lowest BCUT2D eigenvalue weighted by molar-refractivity contribution is -0.136. The molecule has 0 aromatic rings. The molecule has 0 aromatic carbocycles. The van der Waals surface area contributed by atoms with Crippen LogP contribution >= 0.6 is 0 Å². The van der Waals surface area contributed by atoms with Crippen LogP contribution in [0.1, 0.15) is 6.42 Å². The molecule has 0 saturated carbocycles. The van der Waals surface area contributed by atoms with Gasteiger partial charge in [-0.15, -0.1) is 0 Å². The van der Waals surface area contributed by atoms with Crippen molar-refractivity contribution in [2.75, 3.05) is 7.11 Å².